The molecule has 0 saturated heterocycles. The predicted octanol–water partition coefficient (Wildman–Crippen LogP) is 2.91. The summed E-state index contributed by atoms with van der Waals surface area (Å²) in [6.07, 6.45) is 6.48. The predicted molar refractivity (Wildman–Crippen MR) is 61.1 cm³/mol. The molecule has 0 amide bonds. The van der Waals surface area contributed by atoms with Gasteiger partial charge in [-0.15, -0.1) is 0 Å². The van der Waals surface area contributed by atoms with Crippen molar-refractivity contribution in [2.75, 3.05) is 0 Å². The van der Waals surface area contributed by atoms with E-state index in [1.54, 1.807) is 5.69 Å². The van der Waals surface area contributed by atoms with Crippen molar-refractivity contribution in [3.63, 3.8) is 0 Å². The van der Waals surface area contributed by atoms with Gasteiger partial charge in [0.2, 0.25) is 0 Å². The van der Waals surface area contributed by atoms with Crippen LogP contribution in [0, 0.1) is 5.92 Å². The summed E-state index contributed by atoms with van der Waals surface area (Å²) >= 11 is 0. The van der Waals surface area contributed by atoms with Gasteiger partial charge < -0.3 is 4.57 Å². The summed E-state index contributed by atoms with van der Waals surface area (Å²) in [5.41, 5.74) is 2.99. The van der Waals surface area contributed by atoms with E-state index in [1.807, 2.05) is 0 Å². The average molecular weight is 204 g/mol. The van der Waals surface area contributed by atoms with Crippen LogP contribution in [0.15, 0.2) is 0 Å². The largest absolute Gasteiger partial charge is 0.332 e. The third-order valence-electron chi connectivity index (χ3n) is 4.08. The molecule has 0 radical (unpaired) electrons. The van der Waals surface area contributed by atoms with Crippen LogP contribution in [0.4, 0.5) is 0 Å². The molecule has 0 fully saturated rings. The molecule has 2 atom stereocenters. The Morgan fingerprint density at radius 1 is 1.27 bits per heavy atom. The minimum atomic E-state index is 0.696. The number of hydrogen-bond acceptors (Lipinski definition) is 1. The first-order chi connectivity index (χ1) is 7.25. The van der Waals surface area contributed by atoms with Gasteiger partial charge >= 0.3 is 0 Å². The van der Waals surface area contributed by atoms with Gasteiger partial charge in [-0.05, 0) is 31.6 Å². The first kappa shape index (κ1) is 9.44. The van der Waals surface area contributed by atoms with Crippen molar-refractivity contribution in [3.05, 3.63) is 17.2 Å². The Labute approximate surface area is 91.7 Å². The summed E-state index contributed by atoms with van der Waals surface area (Å²) < 4.78 is 2.52. The Hall–Kier alpha value is -0.790. The number of fused-ring (bicyclic) bond motifs is 3. The van der Waals surface area contributed by atoms with Gasteiger partial charge in [0.05, 0.1) is 5.69 Å². The smallest absolute Gasteiger partial charge is 0.109 e. The summed E-state index contributed by atoms with van der Waals surface area (Å²) in [4.78, 5) is 4.89. The van der Waals surface area contributed by atoms with Crippen molar-refractivity contribution in [1.82, 2.24) is 9.55 Å². The normalized spacial score (nSPS) is 29.7. The van der Waals surface area contributed by atoms with Crippen molar-refractivity contribution in [2.24, 2.45) is 5.92 Å². The van der Waals surface area contributed by atoms with Gasteiger partial charge in [0.15, 0.2) is 0 Å². The fraction of sp³-hybridized carbons (Fsp3) is 0.769. The van der Waals surface area contributed by atoms with Gasteiger partial charge in [0.25, 0.3) is 0 Å². The molecule has 1 aromatic heterocycles. The number of imidazole rings is 1. The van der Waals surface area contributed by atoms with Crippen molar-refractivity contribution in [1.29, 1.82) is 0 Å². The molecule has 1 aliphatic carbocycles. The van der Waals surface area contributed by atoms with Gasteiger partial charge in [0, 0.05) is 24.6 Å². The lowest BCUT2D eigenvalue weighted by molar-refractivity contribution is 0.400. The molecule has 15 heavy (non-hydrogen) atoms. The van der Waals surface area contributed by atoms with Gasteiger partial charge in [0.1, 0.15) is 5.82 Å². The molecule has 2 unspecified atom stereocenters. The molecule has 0 saturated carbocycles. The van der Waals surface area contributed by atoms with Gasteiger partial charge in [-0.25, -0.2) is 4.98 Å². The molecular formula is C13H20N2. The lowest BCUT2D eigenvalue weighted by atomic mass is 9.91. The summed E-state index contributed by atoms with van der Waals surface area (Å²) in [6, 6.07) is 0. The highest BCUT2D eigenvalue weighted by Crippen LogP contribution is 2.33. The van der Waals surface area contributed by atoms with E-state index in [4.69, 9.17) is 4.98 Å². The third-order valence-corrected chi connectivity index (χ3v) is 4.08. The molecule has 82 valence electrons. The zero-order chi connectivity index (χ0) is 10.4. The van der Waals surface area contributed by atoms with Crippen molar-refractivity contribution >= 4 is 0 Å². The average Bonchev–Trinajstić information content (AvgIpc) is 2.57. The maximum absolute atomic E-state index is 4.89. The van der Waals surface area contributed by atoms with Crippen LogP contribution in [0.2, 0.25) is 0 Å². The van der Waals surface area contributed by atoms with E-state index in [1.165, 1.54) is 50.2 Å². The van der Waals surface area contributed by atoms with Crippen molar-refractivity contribution < 1.29 is 0 Å². The minimum Gasteiger partial charge on any atom is -0.332 e. The minimum absolute atomic E-state index is 0.696. The molecule has 0 bridgehead atoms. The zero-order valence-corrected chi connectivity index (χ0v) is 9.79. The fourth-order valence-corrected chi connectivity index (χ4v) is 3.11. The summed E-state index contributed by atoms with van der Waals surface area (Å²) in [7, 11) is 0. The second kappa shape index (κ2) is 3.36. The molecular weight excluding hydrogens is 184 g/mol. The van der Waals surface area contributed by atoms with E-state index in [0.29, 0.717) is 5.92 Å². The molecule has 2 aliphatic rings. The first-order valence-corrected chi connectivity index (χ1v) is 6.34. The number of nitrogens with zero attached hydrogens (tertiary/aromatic N) is 2. The molecule has 1 aliphatic heterocycles. The SMILES string of the molecule is CC1CCn2c(nc3c2CCCC3C)C1. The first-order valence-electron chi connectivity index (χ1n) is 6.34. The Morgan fingerprint density at radius 2 is 2.13 bits per heavy atom. The van der Waals surface area contributed by atoms with Gasteiger partial charge in [-0.3, -0.25) is 0 Å². The highest BCUT2D eigenvalue weighted by atomic mass is 15.1. The topological polar surface area (TPSA) is 17.8 Å². The number of hydrogen-bond donors (Lipinski definition) is 0. The zero-order valence-electron chi connectivity index (χ0n) is 9.79. The molecule has 0 spiro atoms. The molecule has 0 aromatic carbocycles. The molecule has 0 N–H and O–H groups in total. The standard InChI is InChI=1S/C13H20N2/c1-9-6-7-15-11-5-3-4-10(2)13(11)14-12(15)8-9/h9-10H,3-8H2,1-2H3. The highest BCUT2D eigenvalue weighted by Gasteiger charge is 2.27. The number of aromatic nitrogens is 2. The monoisotopic (exact) mass is 204 g/mol. The van der Waals surface area contributed by atoms with Crippen LogP contribution < -0.4 is 0 Å². The molecule has 1 aromatic rings. The molecule has 2 heteroatoms. The van der Waals surface area contributed by atoms with Crippen molar-refractivity contribution in [3.8, 4) is 0 Å². The van der Waals surface area contributed by atoms with E-state index in [2.05, 4.69) is 18.4 Å². The molecule has 3 rings (SSSR count). The third kappa shape index (κ3) is 1.42. The van der Waals surface area contributed by atoms with Crippen LogP contribution in [0.3, 0.4) is 0 Å². The second-order valence-electron chi connectivity index (χ2n) is 5.40. The maximum Gasteiger partial charge on any atom is 0.109 e. The van der Waals surface area contributed by atoms with E-state index >= 15 is 0 Å². The van der Waals surface area contributed by atoms with Crippen LogP contribution in [-0.4, -0.2) is 9.55 Å². The van der Waals surface area contributed by atoms with E-state index in [9.17, 15) is 0 Å². The Kier molecular flexibility index (Phi) is 2.11. The second-order valence-corrected chi connectivity index (χ2v) is 5.40. The quantitative estimate of drug-likeness (QED) is 0.635. The van der Waals surface area contributed by atoms with Crippen LogP contribution in [0.1, 0.15) is 56.2 Å². The van der Waals surface area contributed by atoms with Crippen LogP contribution in [-0.2, 0) is 19.4 Å². The van der Waals surface area contributed by atoms with Gasteiger partial charge in [-0.1, -0.05) is 13.8 Å². The van der Waals surface area contributed by atoms with Crippen LogP contribution in [0.5, 0.6) is 0 Å². The highest BCUT2D eigenvalue weighted by molar-refractivity contribution is 5.24. The maximum atomic E-state index is 4.89. The van der Waals surface area contributed by atoms with Crippen LogP contribution >= 0.6 is 0 Å². The molecule has 2 nitrogen and oxygen atoms in total. The Morgan fingerprint density at radius 3 is 3.00 bits per heavy atom. The fourth-order valence-electron chi connectivity index (χ4n) is 3.11. The lowest BCUT2D eigenvalue weighted by Crippen LogP contribution is -2.19. The summed E-state index contributed by atoms with van der Waals surface area (Å²) in [5, 5.41) is 0. The van der Waals surface area contributed by atoms with Crippen molar-refractivity contribution in [2.45, 2.75) is 58.4 Å². The van der Waals surface area contributed by atoms with E-state index in [-0.39, 0.29) is 0 Å². The summed E-state index contributed by atoms with van der Waals surface area (Å²) in [5.74, 6) is 2.89. The lowest BCUT2D eigenvalue weighted by Gasteiger charge is -2.23. The Balaban J connectivity index is 2.06. The molecule has 2 heterocycles. The Bertz CT molecular complexity index is 378. The van der Waals surface area contributed by atoms with E-state index < -0.39 is 0 Å². The number of rotatable bonds is 0. The van der Waals surface area contributed by atoms with E-state index in [0.717, 1.165) is 5.92 Å². The van der Waals surface area contributed by atoms with Crippen LogP contribution in [0.25, 0.3) is 0 Å². The summed E-state index contributed by atoms with van der Waals surface area (Å²) in [6.45, 7) is 5.90. The van der Waals surface area contributed by atoms with Gasteiger partial charge in [-0.2, -0.15) is 0 Å².